The molecule has 0 amide bonds. The van der Waals surface area contributed by atoms with Crippen molar-refractivity contribution in [1.29, 1.82) is 0 Å². The lowest BCUT2D eigenvalue weighted by Crippen LogP contribution is -2.02. The smallest absolute Gasteiger partial charge is 0.306 e. The maximum Gasteiger partial charge on any atom is 0.306 e. The molecule has 0 fully saturated rings. The summed E-state index contributed by atoms with van der Waals surface area (Å²) in [6.45, 7) is 1.95. The van der Waals surface area contributed by atoms with Crippen LogP contribution in [0, 0.1) is 0 Å². The molecule has 1 aromatic carbocycles. The fourth-order valence-electron chi connectivity index (χ4n) is 1.45. The van der Waals surface area contributed by atoms with E-state index < -0.39 is 6.10 Å². The van der Waals surface area contributed by atoms with E-state index >= 15 is 0 Å². The number of ether oxygens (including phenoxy) is 1. The molecule has 3 nitrogen and oxygen atoms in total. The third kappa shape index (κ3) is 4.40. The summed E-state index contributed by atoms with van der Waals surface area (Å²) >= 11 is 1.57. The van der Waals surface area contributed by atoms with Crippen LogP contribution in [0.2, 0.25) is 0 Å². The Morgan fingerprint density at radius 3 is 2.82 bits per heavy atom. The molecule has 0 aromatic heterocycles. The van der Waals surface area contributed by atoms with Crippen LogP contribution in [0.1, 0.15) is 31.4 Å². The zero-order valence-corrected chi connectivity index (χ0v) is 11.0. The number of benzene rings is 1. The van der Waals surface area contributed by atoms with E-state index in [0.29, 0.717) is 18.6 Å². The third-order valence-corrected chi connectivity index (χ3v) is 3.55. The molecule has 4 heteroatoms. The Bertz CT molecular complexity index is 365. The highest BCUT2D eigenvalue weighted by Gasteiger charge is 2.10. The first kappa shape index (κ1) is 14.1. The molecule has 0 saturated carbocycles. The Balaban J connectivity index is 2.61. The lowest BCUT2D eigenvalue weighted by atomic mass is 10.1. The summed E-state index contributed by atoms with van der Waals surface area (Å²) in [5.74, 6) is 0.464. The number of methoxy groups -OCH3 is 1. The molecule has 1 atom stereocenters. The lowest BCUT2D eigenvalue weighted by Gasteiger charge is -2.13. The van der Waals surface area contributed by atoms with Gasteiger partial charge in [-0.15, -0.1) is 11.8 Å². The van der Waals surface area contributed by atoms with Gasteiger partial charge in [0, 0.05) is 10.6 Å². The van der Waals surface area contributed by atoms with Gasteiger partial charge < -0.3 is 9.84 Å². The van der Waals surface area contributed by atoms with E-state index in [2.05, 4.69) is 4.74 Å². The van der Waals surface area contributed by atoms with Gasteiger partial charge in [0.15, 0.2) is 0 Å². The number of carbonyl (C=O) groups excluding carboxylic acids is 1. The Hall–Kier alpha value is -1.00. The Morgan fingerprint density at radius 1 is 1.47 bits per heavy atom. The van der Waals surface area contributed by atoms with Gasteiger partial charge in [-0.3, -0.25) is 4.79 Å². The minimum Gasteiger partial charge on any atom is -0.469 e. The molecule has 0 saturated heterocycles. The Morgan fingerprint density at radius 2 is 2.18 bits per heavy atom. The van der Waals surface area contributed by atoms with Crippen LogP contribution >= 0.6 is 11.8 Å². The fourth-order valence-corrected chi connectivity index (χ4v) is 2.49. The minimum atomic E-state index is -0.433. The van der Waals surface area contributed by atoms with E-state index in [1.807, 2.05) is 31.2 Å². The van der Waals surface area contributed by atoms with Crippen LogP contribution in [0.15, 0.2) is 29.2 Å². The quantitative estimate of drug-likeness (QED) is 0.626. The van der Waals surface area contributed by atoms with Crippen LogP contribution in [0.3, 0.4) is 0 Å². The molecule has 94 valence electrons. The highest BCUT2D eigenvalue weighted by molar-refractivity contribution is 7.99. The number of hydrogen-bond donors (Lipinski definition) is 1. The van der Waals surface area contributed by atoms with Crippen LogP contribution in [0.25, 0.3) is 0 Å². The molecule has 0 aliphatic heterocycles. The van der Waals surface area contributed by atoms with Crippen LogP contribution in [-0.2, 0) is 9.53 Å². The minimum absolute atomic E-state index is 0.203. The molecule has 0 spiro atoms. The number of rotatable bonds is 6. The largest absolute Gasteiger partial charge is 0.469 e. The molecule has 1 unspecified atom stereocenters. The van der Waals surface area contributed by atoms with E-state index in [9.17, 15) is 9.90 Å². The highest BCUT2D eigenvalue weighted by Crippen LogP contribution is 2.29. The average molecular weight is 254 g/mol. The molecule has 0 aliphatic rings. The van der Waals surface area contributed by atoms with Crippen molar-refractivity contribution in [3.63, 3.8) is 0 Å². The zero-order valence-electron chi connectivity index (χ0n) is 10.2. The standard InChI is InChI=1S/C13H18O3S/c1-3-11(14)10-6-4-5-7-12(10)17-9-8-13(15)16-2/h4-7,11,14H,3,8-9H2,1-2H3. The number of aliphatic hydroxyl groups excluding tert-OH is 1. The first-order valence-electron chi connectivity index (χ1n) is 5.65. The van der Waals surface area contributed by atoms with E-state index in [4.69, 9.17) is 0 Å². The Labute approximate surface area is 106 Å². The summed E-state index contributed by atoms with van der Waals surface area (Å²) < 4.78 is 4.59. The summed E-state index contributed by atoms with van der Waals surface area (Å²) in [6, 6.07) is 7.75. The number of aliphatic hydroxyl groups is 1. The van der Waals surface area contributed by atoms with Crippen molar-refractivity contribution in [2.75, 3.05) is 12.9 Å². The second-order valence-electron chi connectivity index (χ2n) is 3.64. The second-order valence-corrected chi connectivity index (χ2v) is 4.77. The van der Waals surface area contributed by atoms with Crippen molar-refractivity contribution in [2.24, 2.45) is 0 Å². The highest BCUT2D eigenvalue weighted by atomic mass is 32.2. The van der Waals surface area contributed by atoms with Crippen LogP contribution in [-0.4, -0.2) is 23.9 Å². The van der Waals surface area contributed by atoms with E-state index in [0.717, 1.165) is 10.5 Å². The third-order valence-electron chi connectivity index (χ3n) is 2.46. The van der Waals surface area contributed by atoms with Crippen molar-refractivity contribution in [3.8, 4) is 0 Å². The molecule has 0 aliphatic carbocycles. The summed E-state index contributed by atoms with van der Waals surface area (Å²) in [6.07, 6.45) is 0.642. The molecule has 1 N–H and O–H groups in total. The molecule has 0 heterocycles. The molecule has 1 aromatic rings. The summed E-state index contributed by atoms with van der Waals surface area (Å²) in [7, 11) is 1.39. The predicted octanol–water partition coefficient (Wildman–Crippen LogP) is 2.79. The number of carbonyl (C=O) groups is 1. The van der Waals surface area contributed by atoms with Crippen molar-refractivity contribution in [3.05, 3.63) is 29.8 Å². The number of thioether (sulfide) groups is 1. The number of esters is 1. The summed E-state index contributed by atoms with van der Waals surface area (Å²) in [5.41, 5.74) is 0.935. The van der Waals surface area contributed by atoms with E-state index in [1.165, 1.54) is 7.11 Å². The van der Waals surface area contributed by atoms with Crippen molar-refractivity contribution in [1.82, 2.24) is 0 Å². The SMILES string of the molecule is CCC(O)c1ccccc1SCCC(=O)OC. The summed E-state index contributed by atoms with van der Waals surface area (Å²) in [4.78, 5) is 12.0. The van der Waals surface area contributed by atoms with Crippen molar-refractivity contribution >= 4 is 17.7 Å². The van der Waals surface area contributed by atoms with Gasteiger partial charge in [0.2, 0.25) is 0 Å². The normalized spacial score (nSPS) is 12.2. The molecule has 0 radical (unpaired) electrons. The molecular weight excluding hydrogens is 236 g/mol. The first-order valence-corrected chi connectivity index (χ1v) is 6.64. The van der Waals surface area contributed by atoms with Gasteiger partial charge in [-0.05, 0) is 18.1 Å². The second kappa shape index (κ2) is 7.35. The van der Waals surface area contributed by atoms with E-state index in [-0.39, 0.29) is 5.97 Å². The fraction of sp³-hybridized carbons (Fsp3) is 0.462. The van der Waals surface area contributed by atoms with Crippen molar-refractivity contribution < 1.29 is 14.6 Å². The number of hydrogen-bond acceptors (Lipinski definition) is 4. The van der Waals surface area contributed by atoms with Gasteiger partial charge in [0.25, 0.3) is 0 Å². The van der Waals surface area contributed by atoms with E-state index in [1.54, 1.807) is 11.8 Å². The zero-order chi connectivity index (χ0) is 12.7. The first-order chi connectivity index (χ1) is 8.19. The van der Waals surface area contributed by atoms with Gasteiger partial charge in [-0.2, -0.15) is 0 Å². The topological polar surface area (TPSA) is 46.5 Å². The molecule has 1 rings (SSSR count). The van der Waals surface area contributed by atoms with Crippen LogP contribution < -0.4 is 0 Å². The molecular formula is C13H18O3S. The average Bonchev–Trinajstić information content (AvgIpc) is 2.38. The maximum absolute atomic E-state index is 11.0. The van der Waals surface area contributed by atoms with Crippen LogP contribution in [0.5, 0.6) is 0 Å². The van der Waals surface area contributed by atoms with Gasteiger partial charge in [0.05, 0.1) is 19.6 Å². The van der Waals surface area contributed by atoms with Crippen molar-refractivity contribution in [2.45, 2.75) is 30.8 Å². The maximum atomic E-state index is 11.0. The monoisotopic (exact) mass is 254 g/mol. The van der Waals surface area contributed by atoms with Gasteiger partial charge in [-0.1, -0.05) is 25.1 Å². The van der Waals surface area contributed by atoms with Gasteiger partial charge in [-0.25, -0.2) is 0 Å². The summed E-state index contributed by atoms with van der Waals surface area (Å²) in [5, 5.41) is 9.86. The van der Waals surface area contributed by atoms with Gasteiger partial charge >= 0.3 is 5.97 Å². The molecule has 17 heavy (non-hydrogen) atoms. The lowest BCUT2D eigenvalue weighted by molar-refractivity contribution is -0.140. The van der Waals surface area contributed by atoms with Crippen LogP contribution in [0.4, 0.5) is 0 Å². The molecule has 0 bridgehead atoms. The predicted molar refractivity (Wildman–Crippen MR) is 69.0 cm³/mol. The Kier molecular flexibility index (Phi) is 6.08. The van der Waals surface area contributed by atoms with Gasteiger partial charge in [0.1, 0.15) is 0 Å².